The van der Waals surface area contributed by atoms with E-state index in [9.17, 15) is 17.6 Å². The normalized spacial score (nSPS) is 18.1. The number of anilines is 1. The van der Waals surface area contributed by atoms with E-state index in [1.165, 1.54) is 24.3 Å². The lowest BCUT2D eigenvalue weighted by Crippen LogP contribution is -2.39. The third-order valence-corrected chi connectivity index (χ3v) is 7.53. The maximum absolute atomic E-state index is 13.1. The van der Waals surface area contributed by atoms with Gasteiger partial charge in [-0.05, 0) is 74.2 Å². The number of nitrogens with zero attached hydrogens (tertiary/aromatic N) is 2. The number of carbonyl (C=O) groups excluding carboxylic acids is 1. The number of halogens is 1. The van der Waals surface area contributed by atoms with Gasteiger partial charge in [-0.1, -0.05) is 6.42 Å². The molecule has 1 saturated heterocycles. The molecule has 1 fully saturated rings. The first-order valence-electron chi connectivity index (χ1n) is 10.2. The van der Waals surface area contributed by atoms with E-state index in [0.29, 0.717) is 37.5 Å². The Morgan fingerprint density at radius 3 is 2.43 bits per heavy atom. The summed E-state index contributed by atoms with van der Waals surface area (Å²) in [6.07, 6.45) is 2.67. The van der Waals surface area contributed by atoms with Gasteiger partial charge in [-0.25, -0.2) is 12.8 Å². The van der Waals surface area contributed by atoms with Crippen LogP contribution in [0.5, 0.6) is 5.75 Å². The summed E-state index contributed by atoms with van der Waals surface area (Å²) in [5.41, 5.74) is 1.56. The maximum atomic E-state index is 13.1. The number of fused-ring (bicyclic) bond motifs is 1. The van der Waals surface area contributed by atoms with Crippen molar-refractivity contribution in [3.05, 3.63) is 53.8 Å². The maximum Gasteiger partial charge on any atom is 0.267 e. The molecule has 4 rings (SSSR count). The highest BCUT2D eigenvalue weighted by Crippen LogP contribution is 2.32. The molecular weight excluding hydrogens is 407 g/mol. The van der Waals surface area contributed by atoms with Gasteiger partial charge in [-0.15, -0.1) is 0 Å². The first kappa shape index (κ1) is 20.8. The molecule has 2 heterocycles. The van der Waals surface area contributed by atoms with Gasteiger partial charge in [-0.3, -0.25) is 4.79 Å². The fourth-order valence-corrected chi connectivity index (χ4v) is 5.58. The van der Waals surface area contributed by atoms with Crippen molar-refractivity contribution in [2.45, 2.75) is 43.6 Å². The number of benzene rings is 2. The van der Waals surface area contributed by atoms with Gasteiger partial charge in [0.2, 0.25) is 10.0 Å². The zero-order valence-corrected chi connectivity index (χ0v) is 17.7. The quantitative estimate of drug-likeness (QED) is 0.727. The van der Waals surface area contributed by atoms with Crippen molar-refractivity contribution in [1.82, 2.24) is 4.31 Å². The summed E-state index contributed by atoms with van der Waals surface area (Å²) in [5, 5.41) is 0. The highest BCUT2D eigenvalue weighted by Gasteiger charge is 2.32. The molecule has 0 spiro atoms. The van der Waals surface area contributed by atoms with Crippen molar-refractivity contribution >= 4 is 21.6 Å². The molecule has 0 saturated carbocycles. The predicted molar refractivity (Wildman–Crippen MR) is 112 cm³/mol. The van der Waals surface area contributed by atoms with Crippen LogP contribution in [-0.4, -0.2) is 44.4 Å². The molecule has 1 amide bonds. The van der Waals surface area contributed by atoms with Crippen LogP contribution in [0.3, 0.4) is 0 Å². The Labute approximate surface area is 176 Å². The minimum absolute atomic E-state index is 0.218. The van der Waals surface area contributed by atoms with E-state index in [1.54, 1.807) is 34.3 Å². The third-order valence-electron chi connectivity index (χ3n) is 5.64. The Balaban J connectivity index is 1.50. The fraction of sp³-hybridized carbons (Fsp3) is 0.409. The van der Waals surface area contributed by atoms with Crippen molar-refractivity contribution in [3.63, 3.8) is 0 Å². The molecule has 6 nitrogen and oxygen atoms in total. The SMILES string of the molecule is C[C@H](Oc1ccc(F)cc1)C(=O)N1CCc2cc(S(=O)(=O)N3CCCCC3)ccc21. The number of ether oxygens (including phenoxy) is 1. The Morgan fingerprint density at radius 1 is 1.03 bits per heavy atom. The average Bonchev–Trinajstić information content (AvgIpc) is 3.18. The zero-order valence-electron chi connectivity index (χ0n) is 16.9. The first-order chi connectivity index (χ1) is 14.4. The molecule has 1 atom stereocenters. The van der Waals surface area contributed by atoms with E-state index in [0.717, 1.165) is 24.8 Å². The second-order valence-electron chi connectivity index (χ2n) is 7.71. The van der Waals surface area contributed by atoms with Crippen LogP contribution < -0.4 is 9.64 Å². The second-order valence-corrected chi connectivity index (χ2v) is 9.65. The summed E-state index contributed by atoms with van der Waals surface area (Å²) in [6, 6.07) is 10.5. The fourth-order valence-electron chi connectivity index (χ4n) is 4.01. The standard InChI is InChI=1S/C22H25FN2O4S/c1-16(29-19-7-5-18(23)6-8-19)22(26)25-14-11-17-15-20(9-10-21(17)25)30(27,28)24-12-3-2-4-13-24/h5-10,15-16H,2-4,11-14H2,1H3/t16-/m0/s1. The highest BCUT2D eigenvalue weighted by atomic mass is 32.2. The molecule has 0 unspecified atom stereocenters. The van der Waals surface area contributed by atoms with Gasteiger partial charge >= 0.3 is 0 Å². The van der Waals surface area contributed by atoms with Gasteiger partial charge in [0, 0.05) is 25.3 Å². The number of piperidine rings is 1. The molecule has 2 aliphatic heterocycles. The van der Waals surface area contributed by atoms with E-state index in [-0.39, 0.29) is 16.6 Å². The van der Waals surface area contributed by atoms with Crippen molar-refractivity contribution < 1.29 is 22.3 Å². The lowest BCUT2D eigenvalue weighted by molar-refractivity contribution is -0.124. The summed E-state index contributed by atoms with van der Waals surface area (Å²) in [6.45, 7) is 3.24. The Morgan fingerprint density at radius 2 is 1.73 bits per heavy atom. The van der Waals surface area contributed by atoms with E-state index >= 15 is 0 Å². The van der Waals surface area contributed by atoms with E-state index in [2.05, 4.69) is 0 Å². The molecule has 8 heteroatoms. The monoisotopic (exact) mass is 432 g/mol. The van der Waals surface area contributed by atoms with Crippen molar-refractivity contribution in [3.8, 4) is 5.75 Å². The average molecular weight is 433 g/mol. The minimum Gasteiger partial charge on any atom is -0.481 e. The molecule has 0 aliphatic carbocycles. The van der Waals surface area contributed by atoms with Gasteiger partial charge < -0.3 is 9.64 Å². The molecular formula is C22H25FN2O4S. The number of hydrogen-bond donors (Lipinski definition) is 0. The van der Waals surface area contributed by atoms with E-state index < -0.39 is 16.1 Å². The summed E-state index contributed by atoms with van der Waals surface area (Å²) >= 11 is 0. The Hall–Kier alpha value is -2.45. The van der Waals surface area contributed by atoms with Crippen LogP contribution in [0.2, 0.25) is 0 Å². The largest absolute Gasteiger partial charge is 0.481 e. The number of sulfonamides is 1. The molecule has 0 bridgehead atoms. The predicted octanol–water partition coefficient (Wildman–Crippen LogP) is 3.36. The summed E-state index contributed by atoms with van der Waals surface area (Å²) in [5.74, 6) is -0.172. The molecule has 2 aliphatic rings. The van der Waals surface area contributed by atoms with Gasteiger partial charge in [0.15, 0.2) is 6.10 Å². The first-order valence-corrected chi connectivity index (χ1v) is 11.7. The molecule has 0 aromatic heterocycles. The van der Waals surface area contributed by atoms with E-state index in [4.69, 9.17) is 4.74 Å². The lowest BCUT2D eigenvalue weighted by Gasteiger charge is -2.26. The van der Waals surface area contributed by atoms with Crippen LogP contribution in [0.1, 0.15) is 31.7 Å². The summed E-state index contributed by atoms with van der Waals surface area (Å²) in [7, 11) is -3.51. The van der Waals surface area contributed by atoms with Crippen LogP contribution in [0.25, 0.3) is 0 Å². The topological polar surface area (TPSA) is 66.9 Å². The second kappa shape index (κ2) is 8.35. The van der Waals surface area contributed by atoms with Gasteiger partial charge in [0.25, 0.3) is 5.91 Å². The lowest BCUT2D eigenvalue weighted by atomic mass is 10.2. The Bertz CT molecular complexity index is 1030. The highest BCUT2D eigenvalue weighted by molar-refractivity contribution is 7.89. The van der Waals surface area contributed by atoms with Crippen LogP contribution in [-0.2, 0) is 21.2 Å². The molecule has 30 heavy (non-hydrogen) atoms. The number of hydrogen-bond acceptors (Lipinski definition) is 4. The molecule has 160 valence electrons. The van der Waals surface area contributed by atoms with Crippen molar-refractivity contribution in [2.24, 2.45) is 0 Å². The summed E-state index contributed by atoms with van der Waals surface area (Å²) in [4.78, 5) is 14.8. The van der Waals surface area contributed by atoms with Gasteiger partial charge in [-0.2, -0.15) is 4.31 Å². The summed E-state index contributed by atoms with van der Waals surface area (Å²) < 4.78 is 46.1. The van der Waals surface area contributed by atoms with Gasteiger partial charge in [0.1, 0.15) is 11.6 Å². The number of carbonyl (C=O) groups is 1. The minimum atomic E-state index is -3.51. The van der Waals surface area contributed by atoms with Crippen molar-refractivity contribution in [1.29, 1.82) is 0 Å². The molecule has 0 radical (unpaired) electrons. The van der Waals surface area contributed by atoms with Gasteiger partial charge in [0.05, 0.1) is 4.90 Å². The number of rotatable bonds is 5. The van der Waals surface area contributed by atoms with Crippen LogP contribution in [0.15, 0.2) is 47.4 Å². The zero-order chi connectivity index (χ0) is 21.3. The third kappa shape index (κ3) is 4.06. The van der Waals surface area contributed by atoms with E-state index in [1.807, 2.05) is 0 Å². The molecule has 2 aromatic rings. The van der Waals surface area contributed by atoms with Crippen LogP contribution in [0.4, 0.5) is 10.1 Å². The molecule has 0 N–H and O–H groups in total. The van der Waals surface area contributed by atoms with Crippen molar-refractivity contribution in [2.75, 3.05) is 24.5 Å². The Kier molecular flexibility index (Phi) is 5.79. The smallest absolute Gasteiger partial charge is 0.267 e. The molecule has 2 aromatic carbocycles. The number of amides is 1. The van der Waals surface area contributed by atoms with Crippen LogP contribution >= 0.6 is 0 Å². The van der Waals surface area contributed by atoms with Crippen LogP contribution in [0, 0.1) is 5.82 Å².